The number of aliphatic hydroxyl groups excluding tert-OH is 1. The summed E-state index contributed by atoms with van der Waals surface area (Å²) in [5, 5.41) is 12.7. The predicted molar refractivity (Wildman–Crippen MR) is 47.8 cm³/mol. The van der Waals surface area contributed by atoms with Crippen molar-refractivity contribution in [1.82, 2.24) is 9.78 Å². The summed E-state index contributed by atoms with van der Waals surface area (Å²) in [6, 6.07) is 0. The van der Waals surface area contributed by atoms with Crippen LogP contribution in [0.15, 0.2) is 25.0 Å². The van der Waals surface area contributed by atoms with E-state index in [1.54, 1.807) is 0 Å². The summed E-state index contributed by atoms with van der Waals surface area (Å²) in [4.78, 5) is 0. The fraction of sp³-hybridized carbons (Fsp3) is 0.444. The molecule has 0 atom stereocenters. The van der Waals surface area contributed by atoms with Gasteiger partial charge in [-0.1, -0.05) is 6.08 Å². The van der Waals surface area contributed by atoms with Gasteiger partial charge in [0.15, 0.2) is 0 Å². The Morgan fingerprint density at radius 2 is 2.50 bits per heavy atom. The van der Waals surface area contributed by atoms with Crippen LogP contribution in [-0.4, -0.2) is 21.5 Å². The third-order valence-corrected chi connectivity index (χ3v) is 1.63. The Kier molecular flexibility index (Phi) is 3.54. The van der Waals surface area contributed by atoms with Gasteiger partial charge in [-0.05, 0) is 18.4 Å². The summed E-state index contributed by atoms with van der Waals surface area (Å²) in [7, 11) is 0. The molecular weight excluding hydrogens is 152 g/mol. The average Bonchev–Trinajstić information content (AvgIpc) is 2.50. The number of allylic oxidation sites excluding steroid dienone is 1. The standard InChI is InChI=1S/C9H14N2O/c1-2-5-11-8-9(7-10-11)4-3-6-12/h2,7-8,12H,1,3-6H2. The number of aliphatic hydroxyl groups is 1. The average molecular weight is 166 g/mol. The van der Waals surface area contributed by atoms with Crippen LogP contribution in [0.4, 0.5) is 0 Å². The molecule has 0 aliphatic rings. The third kappa shape index (κ3) is 2.51. The van der Waals surface area contributed by atoms with E-state index < -0.39 is 0 Å². The van der Waals surface area contributed by atoms with E-state index in [1.165, 1.54) is 5.56 Å². The Balaban J connectivity index is 2.46. The van der Waals surface area contributed by atoms with Crippen LogP contribution in [0.5, 0.6) is 0 Å². The Bertz CT molecular complexity index is 242. The van der Waals surface area contributed by atoms with E-state index in [9.17, 15) is 0 Å². The zero-order valence-corrected chi connectivity index (χ0v) is 7.11. The maximum atomic E-state index is 8.59. The molecule has 1 rings (SSSR count). The number of hydrogen-bond acceptors (Lipinski definition) is 2. The predicted octanol–water partition coefficient (Wildman–Crippen LogP) is 0.994. The van der Waals surface area contributed by atoms with Crippen molar-refractivity contribution in [2.45, 2.75) is 19.4 Å². The Labute approximate surface area is 72.3 Å². The minimum atomic E-state index is 0.243. The molecule has 0 bridgehead atoms. The van der Waals surface area contributed by atoms with Crippen molar-refractivity contribution in [1.29, 1.82) is 0 Å². The first-order chi connectivity index (χ1) is 5.86. The third-order valence-electron chi connectivity index (χ3n) is 1.63. The molecule has 0 spiro atoms. The smallest absolute Gasteiger partial charge is 0.0587 e. The molecule has 0 unspecified atom stereocenters. The van der Waals surface area contributed by atoms with Gasteiger partial charge in [-0.3, -0.25) is 4.68 Å². The second-order valence-electron chi connectivity index (χ2n) is 2.69. The normalized spacial score (nSPS) is 10.1. The molecule has 3 heteroatoms. The minimum Gasteiger partial charge on any atom is -0.396 e. The summed E-state index contributed by atoms with van der Waals surface area (Å²) in [5.41, 5.74) is 1.17. The van der Waals surface area contributed by atoms with Crippen molar-refractivity contribution >= 4 is 0 Å². The molecule has 0 radical (unpaired) electrons. The highest BCUT2D eigenvalue weighted by molar-refractivity contribution is 5.04. The summed E-state index contributed by atoms with van der Waals surface area (Å²) in [5.74, 6) is 0. The molecule has 12 heavy (non-hydrogen) atoms. The number of nitrogens with zero attached hydrogens (tertiary/aromatic N) is 2. The molecular formula is C9H14N2O. The quantitative estimate of drug-likeness (QED) is 0.662. The van der Waals surface area contributed by atoms with Crippen LogP contribution < -0.4 is 0 Å². The lowest BCUT2D eigenvalue weighted by molar-refractivity contribution is 0.288. The van der Waals surface area contributed by atoms with Gasteiger partial charge in [0.25, 0.3) is 0 Å². The van der Waals surface area contributed by atoms with Crippen molar-refractivity contribution in [3.05, 3.63) is 30.6 Å². The Morgan fingerprint density at radius 3 is 3.17 bits per heavy atom. The van der Waals surface area contributed by atoms with Crippen molar-refractivity contribution < 1.29 is 5.11 Å². The SMILES string of the molecule is C=CCn1cc(CCCO)cn1. The first kappa shape index (κ1) is 9.00. The van der Waals surface area contributed by atoms with Crippen LogP contribution in [0.3, 0.4) is 0 Å². The molecule has 0 saturated carbocycles. The highest BCUT2D eigenvalue weighted by atomic mass is 16.2. The van der Waals surface area contributed by atoms with Crippen molar-refractivity contribution in [2.24, 2.45) is 0 Å². The van der Waals surface area contributed by atoms with Gasteiger partial charge in [-0.15, -0.1) is 6.58 Å². The van der Waals surface area contributed by atoms with Crippen LogP contribution in [0.2, 0.25) is 0 Å². The fourth-order valence-corrected chi connectivity index (χ4v) is 1.05. The van der Waals surface area contributed by atoms with Crippen molar-refractivity contribution in [3.8, 4) is 0 Å². The largest absolute Gasteiger partial charge is 0.396 e. The van der Waals surface area contributed by atoms with Crippen LogP contribution in [0.25, 0.3) is 0 Å². The number of aromatic nitrogens is 2. The molecule has 0 saturated heterocycles. The molecule has 0 aliphatic heterocycles. The number of rotatable bonds is 5. The number of hydrogen-bond donors (Lipinski definition) is 1. The molecule has 0 amide bonds. The molecule has 0 fully saturated rings. The Morgan fingerprint density at radius 1 is 1.67 bits per heavy atom. The lowest BCUT2D eigenvalue weighted by Crippen LogP contribution is -1.93. The van der Waals surface area contributed by atoms with Crippen LogP contribution in [0, 0.1) is 0 Å². The molecule has 1 heterocycles. The highest BCUT2D eigenvalue weighted by Gasteiger charge is 1.95. The van der Waals surface area contributed by atoms with Gasteiger partial charge in [0.1, 0.15) is 0 Å². The van der Waals surface area contributed by atoms with Gasteiger partial charge in [0.2, 0.25) is 0 Å². The molecule has 1 aromatic rings. The second kappa shape index (κ2) is 4.72. The monoisotopic (exact) mass is 166 g/mol. The molecule has 1 N–H and O–H groups in total. The molecule has 66 valence electrons. The van der Waals surface area contributed by atoms with Gasteiger partial charge >= 0.3 is 0 Å². The lowest BCUT2D eigenvalue weighted by Gasteiger charge is -1.93. The van der Waals surface area contributed by atoms with E-state index in [0.29, 0.717) is 0 Å². The second-order valence-corrected chi connectivity index (χ2v) is 2.69. The van der Waals surface area contributed by atoms with Gasteiger partial charge in [0.05, 0.1) is 12.7 Å². The summed E-state index contributed by atoms with van der Waals surface area (Å²) < 4.78 is 1.83. The summed E-state index contributed by atoms with van der Waals surface area (Å²) in [6.07, 6.45) is 7.33. The van der Waals surface area contributed by atoms with E-state index in [0.717, 1.165) is 19.4 Å². The minimum absolute atomic E-state index is 0.243. The van der Waals surface area contributed by atoms with Crippen LogP contribution >= 0.6 is 0 Å². The van der Waals surface area contributed by atoms with E-state index in [2.05, 4.69) is 11.7 Å². The van der Waals surface area contributed by atoms with Gasteiger partial charge in [-0.2, -0.15) is 5.10 Å². The topological polar surface area (TPSA) is 38.0 Å². The van der Waals surface area contributed by atoms with E-state index >= 15 is 0 Å². The molecule has 0 aromatic carbocycles. The first-order valence-electron chi connectivity index (χ1n) is 4.10. The highest BCUT2D eigenvalue weighted by Crippen LogP contribution is 2.01. The molecule has 1 aromatic heterocycles. The van der Waals surface area contributed by atoms with Gasteiger partial charge in [0, 0.05) is 12.8 Å². The van der Waals surface area contributed by atoms with E-state index in [4.69, 9.17) is 5.11 Å². The van der Waals surface area contributed by atoms with Crippen molar-refractivity contribution in [3.63, 3.8) is 0 Å². The van der Waals surface area contributed by atoms with Gasteiger partial charge in [-0.25, -0.2) is 0 Å². The van der Waals surface area contributed by atoms with E-state index in [1.807, 2.05) is 23.2 Å². The zero-order valence-electron chi connectivity index (χ0n) is 7.11. The zero-order chi connectivity index (χ0) is 8.81. The lowest BCUT2D eigenvalue weighted by atomic mass is 10.2. The van der Waals surface area contributed by atoms with Crippen molar-refractivity contribution in [2.75, 3.05) is 6.61 Å². The molecule has 3 nitrogen and oxygen atoms in total. The van der Waals surface area contributed by atoms with E-state index in [-0.39, 0.29) is 6.61 Å². The van der Waals surface area contributed by atoms with Crippen LogP contribution in [0.1, 0.15) is 12.0 Å². The summed E-state index contributed by atoms with van der Waals surface area (Å²) in [6.45, 7) is 4.62. The van der Waals surface area contributed by atoms with Gasteiger partial charge < -0.3 is 5.11 Å². The first-order valence-corrected chi connectivity index (χ1v) is 4.10. The van der Waals surface area contributed by atoms with Crippen LogP contribution in [-0.2, 0) is 13.0 Å². The maximum absolute atomic E-state index is 8.59. The number of aryl methyl sites for hydroxylation is 1. The molecule has 0 aliphatic carbocycles. The summed E-state index contributed by atoms with van der Waals surface area (Å²) >= 11 is 0. The fourth-order valence-electron chi connectivity index (χ4n) is 1.05. The maximum Gasteiger partial charge on any atom is 0.0587 e. The Hall–Kier alpha value is -1.09.